The van der Waals surface area contributed by atoms with Gasteiger partial charge in [-0.15, -0.1) is 0 Å². The molecule has 1 N–H and O–H groups in total. The largest absolute Gasteiger partial charge is 0.492 e. The highest BCUT2D eigenvalue weighted by molar-refractivity contribution is 7.99. The van der Waals surface area contributed by atoms with Crippen LogP contribution in [-0.2, 0) is 6.54 Å². The van der Waals surface area contributed by atoms with E-state index in [1.807, 2.05) is 30.0 Å². The van der Waals surface area contributed by atoms with Crippen molar-refractivity contribution in [3.63, 3.8) is 0 Å². The predicted molar refractivity (Wildman–Crippen MR) is 86.5 cm³/mol. The van der Waals surface area contributed by atoms with E-state index in [1.54, 1.807) is 0 Å². The Hall–Kier alpha value is -0.380. The van der Waals surface area contributed by atoms with Crippen LogP contribution in [0.25, 0.3) is 0 Å². The SMILES string of the molecule is CCSCCOc1cccc(Cl)c1CNCC(C)C. The first-order valence-electron chi connectivity index (χ1n) is 6.83. The van der Waals surface area contributed by atoms with Crippen LogP contribution in [-0.4, -0.2) is 24.7 Å². The highest BCUT2D eigenvalue weighted by atomic mass is 35.5. The minimum atomic E-state index is 0.632. The van der Waals surface area contributed by atoms with Crippen molar-refractivity contribution in [1.82, 2.24) is 5.32 Å². The Kier molecular flexibility index (Phi) is 8.35. The minimum absolute atomic E-state index is 0.632. The maximum absolute atomic E-state index is 6.26. The molecule has 1 aromatic rings. The average Bonchev–Trinajstić information content (AvgIpc) is 2.37. The third-order valence-corrected chi connectivity index (χ3v) is 3.84. The fourth-order valence-corrected chi connectivity index (χ4v) is 2.41. The zero-order chi connectivity index (χ0) is 14.1. The van der Waals surface area contributed by atoms with E-state index in [0.29, 0.717) is 5.92 Å². The van der Waals surface area contributed by atoms with Gasteiger partial charge in [-0.2, -0.15) is 11.8 Å². The lowest BCUT2D eigenvalue weighted by Crippen LogP contribution is -2.19. The van der Waals surface area contributed by atoms with Gasteiger partial charge in [0, 0.05) is 22.9 Å². The summed E-state index contributed by atoms with van der Waals surface area (Å²) in [6, 6.07) is 5.85. The van der Waals surface area contributed by atoms with Gasteiger partial charge in [0.05, 0.1) is 6.61 Å². The van der Waals surface area contributed by atoms with Gasteiger partial charge >= 0.3 is 0 Å². The first-order chi connectivity index (χ1) is 9.15. The molecule has 0 amide bonds. The summed E-state index contributed by atoms with van der Waals surface area (Å²) in [5.41, 5.74) is 1.06. The highest BCUT2D eigenvalue weighted by Gasteiger charge is 2.08. The standard InChI is InChI=1S/C15H24ClNOS/c1-4-19-9-8-18-15-7-5-6-14(16)13(15)11-17-10-12(2)3/h5-7,12,17H,4,8-11H2,1-3H3. The summed E-state index contributed by atoms with van der Waals surface area (Å²) in [7, 11) is 0. The molecule has 0 aromatic heterocycles. The Morgan fingerprint density at radius 1 is 1.37 bits per heavy atom. The Morgan fingerprint density at radius 2 is 2.16 bits per heavy atom. The van der Waals surface area contributed by atoms with E-state index in [4.69, 9.17) is 16.3 Å². The fourth-order valence-electron chi connectivity index (χ4n) is 1.69. The summed E-state index contributed by atoms with van der Waals surface area (Å²) in [5.74, 6) is 3.68. The van der Waals surface area contributed by atoms with Crippen LogP contribution >= 0.6 is 23.4 Å². The van der Waals surface area contributed by atoms with Gasteiger partial charge in [-0.25, -0.2) is 0 Å². The van der Waals surface area contributed by atoms with E-state index in [0.717, 1.165) is 47.5 Å². The summed E-state index contributed by atoms with van der Waals surface area (Å²) in [6.45, 7) is 9.02. The zero-order valence-corrected chi connectivity index (χ0v) is 13.6. The van der Waals surface area contributed by atoms with E-state index >= 15 is 0 Å². The number of rotatable bonds is 9. The molecular weight excluding hydrogens is 278 g/mol. The topological polar surface area (TPSA) is 21.3 Å². The molecule has 0 spiro atoms. The van der Waals surface area contributed by atoms with Crippen molar-refractivity contribution in [2.75, 3.05) is 24.7 Å². The number of thioether (sulfide) groups is 1. The van der Waals surface area contributed by atoms with Gasteiger partial charge in [-0.1, -0.05) is 38.4 Å². The summed E-state index contributed by atoms with van der Waals surface area (Å²) in [4.78, 5) is 0. The van der Waals surface area contributed by atoms with Crippen molar-refractivity contribution in [2.24, 2.45) is 5.92 Å². The van der Waals surface area contributed by atoms with Crippen LogP contribution in [0.15, 0.2) is 18.2 Å². The molecule has 0 unspecified atom stereocenters. The molecule has 0 saturated heterocycles. The first-order valence-corrected chi connectivity index (χ1v) is 8.37. The van der Waals surface area contributed by atoms with Gasteiger partial charge in [-0.3, -0.25) is 0 Å². The maximum Gasteiger partial charge on any atom is 0.125 e. The molecule has 0 radical (unpaired) electrons. The van der Waals surface area contributed by atoms with Crippen LogP contribution in [0.3, 0.4) is 0 Å². The van der Waals surface area contributed by atoms with E-state index in [9.17, 15) is 0 Å². The van der Waals surface area contributed by atoms with E-state index in [-0.39, 0.29) is 0 Å². The van der Waals surface area contributed by atoms with Gasteiger partial charge in [0.1, 0.15) is 5.75 Å². The lowest BCUT2D eigenvalue weighted by atomic mass is 10.1. The van der Waals surface area contributed by atoms with Crippen LogP contribution in [0.2, 0.25) is 5.02 Å². The lowest BCUT2D eigenvalue weighted by molar-refractivity contribution is 0.339. The average molecular weight is 302 g/mol. The third kappa shape index (κ3) is 6.55. The van der Waals surface area contributed by atoms with Crippen LogP contribution in [0.1, 0.15) is 26.3 Å². The Bertz CT molecular complexity index is 371. The van der Waals surface area contributed by atoms with Crippen molar-refractivity contribution in [3.05, 3.63) is 28.8 Å². The van der Waals surface area contributed by atoms with Crippen molar-refractivity contribution in [3.8, 4) is 5.75 Å². The minimum Gasteiger partial charge on any atom is -0.492 e. The second-order valence-electron chi connectivity index (χ2n) is 4.79. The smallest absolute Gasteiger partial charge is 0.125 e. The van der Waals surface area contributed by atoms with Crippen LogP contribution < -0.4 is 10.1 Å². The second kappa shape index (κ2) is 9.51. The molecule has 0 bridgehead atoms. The highest BCUT2D eigenvalue weighted by Crippen LogP contribution is 2.26. The first kappa shape index (κ1) is 16.7. The summed E-state index contributed by atoms with van der Waals surface area (Å²) in [5, 5.41) is 4.19. The van der Waals surface area contributed by atoms with E-state index in [1.165, 1.54) is 0 Å². The molecular formula is C15H24ClNOS. The second-order valence-corrected chi connectivity index (χ2v) is 6.59. The normalized spacial score (nSPS) is 11.0. The van der Waals surface area contributed by atoms with Gasteiger partial charge in [0.15, 0.2) is 0 Å². The maximum atomic E-state index is 6.26. The van der Waals surface area contributed by atoms with E-state index < -0.39 is 0 Å². The lowest BCUT2D eigenvalue weighted by Gasteiger charge is -2.14. The van der Waals surface area contributed by atoms with E-state index in [2.05, 4.69) is 26.1 Å². The van der Waals surface area contributed by atoms with Gasteiger partial charge < -0.3 is 10.1 Å². The molecule has 2 nitrogen and oxygen atoms in total. The Balaban J connectivity index is 2.56. The zero-order valence-electron chi connectivity index (χ0n) is 12.0. The molecule has 0 heterocycles. The number of benzene rings is 1. The molecule has 0 atom stereocenters. The van der Waals surface area contributed by atoms with Crippen molar-refractivity contribution >= 4 is 23.4 Å². The predicted octanol–water partition coefficient (Wildman–Crippen LogP) is 4.22. The monoisotopic (exact) mass is 301 g/mol. The number of hydrogen-bond donors (Lipinski definition) is 1. The third-order valence-electron chi connectivity index (χ3n) is 2.62. The van der Waals surface area contributed by atoms with Crippen LogP contribution in [0.5, 0.6) is 5.75 Å². The Labute approximate surface area is 126 Å². The molecule has 4 heteroatoms. The molecule has 0 saturated carbocycles. The molecule has 0 fully saturated rings. The summed E-state index contributed by atoms with van der Waals surface area (Å²) >= 11 is 8.15. The van der Waals surface area contributed by atoms with Crippen molar-refractivity contribution in [1.29, 1.82) is 0 Å². The summed E-state index contributed by atoms with van der Waals surface area (Å²) in [6.07, 6.45) is 0. The Morgan fingerprint density at radius 3 is 2.84 bits per heavy atom. The molecule has 0 aliphatic carbocycles. The molecule has 108 valence electrons. The molecule has 1 aromatic carbocycles. The number of hydrogen-bond acceptors (Lipinski definition) is 3. The van der Waals surface area contributed by atoms with Gasteiger partial charge in [-0.05, 0) is 30.3 Å². The van der Waals surface area contributed by atoms with Crippen LogP contribution in [0, 0.1) is 5.92 Å². The number of ether oxygens (including phenoxy) is 1. The molecule has 1 rings (SSSR count). The van der Waals surface area contributed by atoms with Gasteiger partial charge in [0.2, 0.25) is 0 Å². The number of nitrogens with one attached hydrogen (secondary N) is 1. The molecule has 19 heavy (non-hydrogen) atoms. The van der Waals surface area contributed by atoms with Crippen LogP contribution in [0.4, 0.5) is 0 Å². The van der Waals surface area contributed by atoms with Gasteiger partial charge in [0.25, 0.3) is 0 Å². The molecule has 0 aliphatic rings. The molecule has 0 aliphatic heterocycles. The fraction of sp³-hybridized carbons (Fsp3) is 0.600. The number of halogens is 1. The summed E-state index contributed by atoms with van der Waals surface area (Å²) < 4.78 is 5.83. The van der Waals surface area contributed by atoms with Crippen molar-refractivity contribution in [2.45, 2.75) is 27.3 Å². The quantitative estimate of drug-likeness (QED) is 0.690. The van der Waals surface area contributed by atoms with Crippen molar-refractivity contribution < 1.29 is 4.74 Å².